The van der Waals surface area contributed by atoms with Crippen LogP contribution in [0.5, 0.6) is 11.6 Å². The van der Waals surface area contributed by atoms with Gasteiger partial charge in [-0.3, -0.25) is 0 Å². The minimum Gasteiger partial charge on any atom is -0.435 e. The molecule has 0 unspecified atom stereocenters. The van der Waals surface area contributed by atoms with Gasteiger partial charge in [-0.05, 0) is 35.0 Å². The van der Waals surface area contributed by atoms with Crippen LogP contribution in [0.25, 0.3) is 0 Å². The molecule has 0 aliphatic heterocycles. The van der Waals surface area contributed by atoms with Crippen molar-refractivity contribution in [2.75, 3.05) is 11.9 Å². The summed E-state index contributed by atoms with van der Waals surface area (Å²) in [4.78, 5) is 8.00. The number of hydrogen-bond donors (Lipinski definition) is 1. The Bertz CT molecular complexity index is 597. The molecule has 0 bridgehead atoms. The van der Waals surface area contributed by atoms with Crippen molar-refractivity contribution in [3.8, 4) is 11.6 Å². The second kappa shape index (κ2) is 6.16. The number of anilines is 1. The van der Waals surface area contributed by atoms with Crippen LogP contribution in [0.15, 0.2) is 29.0 Å². The van der Waals surface area contributed by atoms with Crippen molar-refractivity contribution >= 4 is 33.3 Å². The molecule has 2 aromatic rings. The number of rotatable bonds is 4. The molecule has 0 saturated carbocycles. The molecule has 2 rings (SSSR count). The second-order valence-electron chi connectivity index (χ2n) is 3.53. The first kappa shape index (κ1) is 14.0. The first-order chi connectivity index (χ1) is 9.13. The molecule has 1 aromatic carbocycles. The Hall–Kier alpha value is -1.40. The molecule has 0 radical (unpaired) electrons. The van der Waals surface area contributed by atoms with E-state index >= 15 is 0 Å². The smallest absolute Gasteiger partial charge is 0.239 e. The zero-order valence-corrected chi connectivity index (χ0v) is 12.3. The number of nitrogens with zero attached hydrogens (tertiary/aromatic N) is 2. The Morgan fingerprint density at radius 3 is 2.95 bits per heavy atom. The Kier molecular flexibility index (Phi) is 4.55. The minimum absolute atomic E-state index is 0.00501. The maximum Gasteiger partial charge on any atom is 0.239 e. The molecule has 0 spiro atoms. The normalized spacial score (nSPS) is 10.3. The summed E-state index contributed by atoms with van der Waals surface area (Å²) >= 11 is 9.00. The summed E-state index contributed by atoms with van der Waals surface area (Å²) in [7, 11) is 0. The third-order valence-electron chi connectivity index (χ3n) is 2.22. The third kappa shape index (κ3) is 3.13. The molecule has 0 atom stereocenters. The molecular weight excluding hydrogens is 337 g/mol. The maximum atomic E-state index is 13.7. The van der Waals surface area contributed by atoms with Gasteiger partial charge in [0, 0.05) is 6.54 Å². The van der Waals surface area contributed by atoms with Gasteiger partial charge < -0.3 is 10.1 Å². The highest BCUT2D eigenvalue weighted by molar-refractivity contribution is 9.10. The number of aromatic nitrogens is 2. The molecule has 1 heterocycles. The zero-order chi connectivity index (χ0) is 13.8. The van der Waals surface area contributed by atoms with E-state index in [0.717, 1.165) is 0 Å². The third-order valence-corrected chi connectivity index (χ3v) is 3.23. The van der Waals surface area contributed by atoms with E-state index < -0.39 is 5.82 Å². The van der Waals surface area contributed by atoms with Crippen molar-refractivity contribution in [3.05, 3.63) is 39.8 Å². The molecule has 0 fully saturated rings. The van der Waals surface area contributed by atoms with Gasteiger partial charge in [-0.2, -0.15) is 0 Å². The van der Waals surface area contributed by atoms with Gasteiger partial charge in [0.15, 0.2) is 11.6 Å². The van der Waals surface area contributed by atoms with Gasteiger partial charge >= 0.3 is 0 Å². The summed E-state index contributed by atoms with van der Waals surface area (Å²) in [6.07, 6.45) is 1.33. The second-order valence-corrected chi connectivity index (χ2v) is 4.73. The van der Waals surface area contributed by atoms with Gasteiger partial charge in [0.05, 0.1) is 5.02 Å². The van der Waals surface area contributed by atoms with Crippen LogP contribution in [-0.2, 0) is 0 Å². The summed E-state index contributed by atoms with van der Waals surface area (Å²) in [5.41, 5.74) is 0. The highest BCUT2D eigenvalue weighted by Gasteiger charge is 2.14. The van der Waals surface area contributed by atoms with Gasteiger partial charge in [0.2, 0.25) is 5.88 Å². The van der Waals surface area contributed by atoms with Crippen LogP contribution >= 0.6 is 27.5 Å². The quantitative estimate of drug-likeness (QED) is 0.899. The standard InChI is InChI=1S/C12H10BrClFN3O/c1-2-16-11-9(13)12(18-6-17-11)19-8-5-3-4-7(14)10(8)15/h3-6H,2H2,1H3,(H,16,17,18). The molecule has 100 valence electrons. The molecule has 0 aliphatic carbocycles. The first-order valence-electron chi connectivity index (χ1n) is 5.49. The number of hydrogen-bond acceptors (Lipinski definition) is 4. The molecule has 0 saturated heterocycles. The van der Waals surface area contributed by atoms with E-state index in [-0.39, 0.29) is 16.7 Å². The van der Waals surface area contributed by atoms with Crippen molar-refractivity contribution in [2.45, 2.75) is 6.92 Å². The SMILES string of the molecule is CCNc1ncnc(Oc2cccc(Cl)c2F)c1Br. The molecule has 4 nitrogen and oxygen atoms in total. The Balaban J connectivity index is 2.33. The molecule has 0 amide bonds. The average molecular weight is 347 g/mol. The molecule has 0 aliphatic rings. The van der Waals surface area contributed by atoms with E-state index in [1.807, 2.05) is 6.92 Å². The fourth-order valence-corrected chi connectivity index (χ4v) is 1.97. The van der Waals surface area contributed by atoms with Gasteiger partial charge in [-0.25, -0.2) is 14.4 Å². The van der Waals surface area contributed by atoms with Crippen LogP contribution in [0.1, 0.15) is 6.92 Å². The number of ether oxygens (including phenoxy) is 1. The molecular formula is C12H10BrClFN3O. The van der Waals surface area contributed by atoms with E-state index in [2.05, 4.69) is 31.2 Å². The van der Waals surface area contributed by atoms with Gasteiger partial charge in [0.25, 0.3) is 0 Å². The van der Waals surface area contributed by atoms with Crippen molar-refractivity contribution in [1.29, 1.82) is 0 Å². The lowest BCUT2D eigenvalue weighted by molar-refractivity contribution is 0.424. The molecule has 1 aromatic heterocycles. The van der Waals surface area contributed by atoms with E-state index in [1.54, 1.807) is 6.07 Å². The lowest BCUT2D eigenvalue weighted by Crippen LogP contribution is -2.02. The fourth-order valence-electron chi connectivity index (χ4n) is 1.38. The minimum atomic E-state index is -0.625. The van der Waals surface area contributed by atoms with Crippen LogP contribution in [0.4, 0.5) is 10.2 Å². The monoisotopic (exact) mass is 345 g/mol. The average Bonchev–Trinajstić information content (AvgIpc) is 2.40. The van der Waals surface area contributed by atoms with E-state index in [1.165, 1.54) is 18.5 Å². The summed E-state index contributed by atoms with van der Waals surface area (Å²) in [5, 5.41) is 3.03. The van der Waals surface area contributed by atoms with E-state index in [0.29, 0.717) is 16.8 Å². The Labute approximate surface area is 123 Å². The van der Waals surface area contributed by atoms with Crippen molar-refractivity contribution in [1.82, 2.24) is 9.97 Å². The maximum absolute atomic E-state index is 13.7. The molecule has 1 N–H and O–H groups in total. The predicted octanol–water partition coefficient (Wildman–Crippen LogP) is 4.26. The van der Waals surface area contributed by atoms with Crippen LogP contribution in [0, 0.1) is 5.82 Å². The van der Waals surface area contributed by atoms with E-state index in [9.17, 15) is 4.39 Å². The van der Waals surface area contributed by atoms with Crippen molar-refractivity contribution < 1.29 is 9.13 Å². The Morgan fingerprint density at radius 2 is 2.21 bits per heavy atom. The molecule has 7 heteroatoms. The van der Waals surface area contributed by atoms with Gasteiger partial charge in [-0.1, -0.05) is 17.7 Å². The number of benzene rings is 1. The van der Waals surface area contributed by atoms with Crippen LogP contribution in [0.2, 0.25) is 5.02 Å². The fraction of sp³-hybridized carbons (Fsp3) is 0.167. The van der Waals surface area contributed by atoms with Crippen LogP contribution in [-0.4, -0.2) is 16.5 Å². The Morgan fingerprint density at radius 1 is 1.42 bits per heavy atom. The van der Waals surface area contributed by atoms with Crippen LogP contribution < -0.4 is 10.1 Å². The first-order valence-corrected chi connectivity index (χ1v) is 6.66. The highest BCUT2D eigenvalue weighted by atomic mass is 79.9. The van der Waals surface area contributed by atoms with Crippen molar-refractivity contribution in [2.24, 2.45) is 0 Å². The largest absolute Gasteiger partial charge is 0.435 e. The summed E-state index contributed by atoms with van der Waals surface area (Å²) in [5.74, 6) is 0.177. The van der Waals surface area contributed by atoms with E-state index in [4.69, 9.17) is 16.3 Å². The van der Waals surface area contributed by atoms with Crippen molar-refractivity contribution in [3.63, 3.8) is 0 Å². The van der Waals surface area contributed by atoms with Gasteiger partial charge in [-0.15, -0.1) is 0 Å². The van der Waals surface area contributed by atoms with Crippen LogP contribution in [0.3, 0.4) is 0 Å². The highest BCUT2D eigenvalue weighted by Crippen LogP contribution is 2.34. The number of nitrogens with one attached hydrogen (secondary N) is 1. The summed E-state index contributed by atoms with van der Waals surface area (Å²) in [6, 6.07) is 4.52. The zero-order valence-electron chi connectivity index (χ0n) is 9.95. The summed E-state index contributed by atoms with van der Waals surface area (Å²) < 4.78 is 19.7. The predicted molar refractivity (Wildman–Crippen MR) is 75.4 cm³/mol. The van der Waals surface area contributed by atoms with Gasteiger partial charge in [0.1, 0.15) is 16.6 Å². The number of halogens is 3. The lowest BCUT2D eigenvalue weighted by Gasteiger charge is -2.10. The lowest BCUT2D eigenvalue weighted by atomic mass is 10.3. The summed E-state index contributed by atoms with van der Waals surface area (Å²) in [6.45, 7) is 2.63. The molecule has 19 heavy (non-hydrogen) atoms. The topological polar surface area (TPSA) is 47.0 Å².